The molecule has 330 valence electrons. The number of rotatable bonds is 21. The number of carboxylic acids is 1. The van der Waals surface area contributed by atoms with Gasteiger partial charge in [0.05, 0.1) is 11.6 Å². The van der Waals surface area contributed by atoms with Crippen LogP contribution in [-0.4, -0.2) is 83.2 Å². The van der Waals surface area contributed by atoms with Gasteiger partial charge >= 0.3 is 5.97 Å². The van der Waals surface area contributed by atoms with Gasteiger partial charge in [-0.3, -0.25) is 19.3 Å². The number of primary amides is 1. The van der Waals surface area contributed by atoms with E-state index >= 15 is 0 Å². The molecule has 2 atom stereocenters. The van der Waals surface area contributed by atoms with E-state index in [0.717, 1.165) is 79.6 Å². The number of hydrogen-bond acceptors (Lipinski definition) is 8. The minimum Gasteiger partial charge on any atom is -0.487 e. The van der Waals surface area contributed by atoms with E-state index in [-0.39, 0.29) is 23.8 Å². The van der Waals surface area contributed by atoms with Gasteiger partial charge in [0.2, 0.25) is 11.5 Å². The smallest absolute Gasteiger partial charge is 0.303 e. The third-order valence-electron chi connectivity index (χ3n) is 11.9. The maximum Gasteiger partial charge on any atom is 0.303 e. The van der Waals surface area contributed by atoms with Crippen LogP contribution in [0, 0.1) is 5.92 Å². The van der Waals surface area contributed by atoms with Crippen LogP contribution < -0.4 is 21.3 Å². The number of hydrogen-bond donors (Lipinski definition) is 5. The molecule has 5 aromatic carbocycles. The lowest BCUT2D eigenvalue weighted by Crippen LogP contribution is -2.49. The number of fused-ring (bicyclic) bond motifs is 1. The number of aliphatic hydroxyl groups excluding tert-OH is 1. The lowest BCUT2D eigenvalue weighted by Gasteiger charge is -2.37. The number of aromatic amines is 1. The van der Waals surface area contributed by atoms with Gasteiger partial charge in [-0.2, -0.15) is 0 Å². The van der Waals surface area contributed by atoms with Crippen LogP contribution in [0.2, 0.25) is 0 Å². The Labute approximate surface area is 370 Å². The van der Waals surface area contributed by atoms with Crippen LogP contribution >= 0.6 is 0 Å². The number of amides is 1. The van der Waals surface area contributed by atoms with Gasteiger partial charge < -0.3 is 35.9 Å². The molecular formula is C52H61N5O6. The number of likely N-dealkylation sites (N-methyl/N-ethyl adjacent to an activating group) is 1. The minimum atomic E-state index is -0.797. The zero-order valence-corrected chi connectivity index (χ0v) is 36.2. The molecule has 6 aromatic rings. The summed E-state index contributed by atoms with van der Waals surface area (Å²) in [5, 5.41) is 24.2. The molecule has 0 spiro atoms. The second-order valence-corrected chi connectivity index (χ2v) is 16.3. The van der Waals surface area contributed by atoms with Crippen LogP contribution in [0.4, 0.5) is 0 Å². The third kappa shape index (κ3) is 12.5. The van der Waals surface area contributed by atoms with Crippen molar-refractivity contribution >= 4 is 22.8 Å². The highest BCUT2D eigenvalue weighted by Crippen LogP contribution is 2.43. The van der Waals surface area contributed by atoms with Crippen molar-refractivity contribution in [2.45, 2.75) is 56.8 Å². The molecule has 11 nitrogen and oxygen atoms in total. The van der Waals surface area contributed by atoms with E-state index in [2.05, 4.69) is 32.2 Å². The van der Waals surface area contributed by atoms with Crippen LogP contribution in [0.3, 0.4) is 0 Å². The average molecular weight is 852 g/mol. The molecule has 0 bridgehead atoms. The number of nitrogens with two attached hydrogens (primary N) is 1. The van der Waals surface area contributed by atoms with E-state index in [1.165, 1.54) is 6.07 Å². The number of carbonyl (C=O) groups is 2. The summed E-state index contributed by atoms with van der Waals surface area (Å²) in [4.78, 5) is 43.4. The van der Waals surface area contributed by atoms with E-state index in [0.29, 0.717) is 42.9 Å². The summed E-state index contributed by atoms with van der Waals surface area (Å²) in [6.07, 6.45) is 2.63. The molecule has 1 aromatic heterocycles. The molecule has 1 saturated heterocycles. The SMILES string of the molecule is CNCCN1CC[C@@H](C(C(N)=O)(c2ccccc2)c2ccccc2)C1.O=C(O)CCCCCN(Cc1ccccc1)C[C@H](O)c1ccc(OCc2ccccc2)c2[nH]c(=O)ccc12. The molecule has 6 N–H and O–H groups in total. The van der Waals surface area contributed by atoms with Crippen molar-refractivity contribution in [2.24, 2.45) is 11.7 Å². The first-order chi connectivity index (χ1) is 30.7. The molecular weight excluding hydrogens is 791 g/mol. The van der Waals surface area contributed by atoms with E-state index in [9.17, 15) is 19.5 Å². The second-order valence-electron chi connectivity index (χ2n) is 16.3. The van der Waals surface area contributed by atoms with Gasteiger partial charge in [0.1, 0.15) is 17.8 Å². The number of aliphatic hydroxyl groups is 1. The number of aliphatic carboxylic acids is 1. The van der Waals surface area contributed by atoms with Gasteiger partial charge in [-0.15, -0.1) is 0 Å². The van der Waals surface area contributed by atoms with Gasteiger partial charge in [-0.25, -0.2) is 0 Å². The summed E-state index contributed by atoms with van der Waals surface area (Å²) in [6.45, 7) is 5.99. The molecule has 1 aliphatic rings. The fourth-order valence-corrected chi connectivity index (χ4v) is 8.79. The van der Waals surface area contributed by atoms with Crippen molar-refractivity contribution in [3.63, 3.8) is 0 Å². The Morgan fingerprint density at radius 1 is 0.841 bits per heavy atom. The molecule has 7 rings (SSSR count). The van der Waals surface area contributed by atoms with Crippen LogP contribution in [0.1, 0.15) is 66.0 Å². The van der Waals surface area contributed by atoms with Crippen LogP contribution in [-0.2, 0) is 28.2 Å². The van der Waals surface area contributed by atoms with Gasteiger partial charge in [0.25, 0.3) is 0 Å². The van der Waals surface area contributed by atoms with E-state index in [4.69, 9.17) is 15.6 Å². The summed E-state index contributed by atoms with van der Waals surface area (Å²) < 4.78 is 6.04. The number of ether oxygens (including phenoxy) is 1. The molecule has 0 radical (unpaired) electrons. The highest BCUT2D eigenvalue weighted by atomic mass is 16.5. The van der Waals surface area contributed by atoms with E-state index in [1.54, 1.807) is 12.1 Å². The van der Waals surface area contributed by atoms with Crippen molar-refractivity contribution in [3.05, 3.63) is 184 Å². The first kappa shape index (κ1) is 46.4. The topological polar surface area (TPSA) is 161 Å². The van der Waals surface area contributed by atoms with Crippen LogP contribution in [0.25, 0.3) is 10.9 Å². The lowest BCUT2D eigenvalue weighted by molar-refractivity contribution is -0.137. The number of benzene rings is 5. The molecule has 0 saturated carbocycles. The zero-order chi connectivity index (χ0) is 44.4. The quantitative estimate of drug-likeness (QED) is 0.0469. The Hall–Kier alpha value is -6.11. The largest absolute Gasteiger partial charge is 0.487 e. The average Bonchev–Trinajstić information content (AvgIpc) is 3.78. The predicted molar refractivity (Wildman–Crippen MR) is 249 cm³/mol. The maximum absolute atomic E-state index is 12.9. The molecule has 1 amide bonds. The zero-order valence-electron chi connectivity index (χ0n) is 36.2. The van der Waals surface area contributed by atoms with Gasteiger partial charge in [-0.05, 0) is 85.3 Å². The monoisotopic (exact) mass is 851 g/mol. The Morgan fingerprint density at radius 2 is 1.46 bits per heavy atom. The van der Waals surface area contributed by atoms with Crippen molar-refractivity contribution < 1.29 is 24.5 Å². The number of carboxylic acid groups (broad SMARTS) is 1. The molecule has 11 heteroatoms. The maximum atomic E-state index is 12.9. The fourth-order valence-electron chi connectivity index (χ4n) is 8.79. The summed E-state index contributed by atoms with van der Waals surface area (Å²) in [6, 6.07) is 46.8. The van der Waals surface area contributed by atoms with Crippen molar-refractivity contribution in [1.29, 1.82) is 0 Å². The Balaban J connectivity index is 0.000000228. The van der Waals surface area contributed by atoms with Gasteiger partial charge in [0.15, 0.2) is 0 Å². The normalized spacial score (nSPS) is 14.6. The van der Waals surface area contributed by atoms with E-state index < -0.39 is 17.5 Å². The highest BCUT2D eigenvalue weighted by Gasteiger charge is 2.49. The minimum absolute atomic E-state index is 0.171. The number of pyridine rings is 1. The van der Waals surface area contributed by atoms with Crippen LogP contribution in [0.5, 0.6) is 5.75 Å². The number of unbranched alkanes of at least 4 members (excludes halogenated alkanes) is 2. The molecule has 63 heavy (non-hydrogen) atoms. The molecule has 1 aliphatic heterocycles. The van der Waals surface area contributed by atoms with Crippen LogP contribution in [0.15, 0.2) is 150 Å². The first-order valence-corrected chi connectivity index (χ1v) is 22.0. The highest BCUT2D eigenvalue weighted by molar-refractivity contribution is 5.91. The number of likely N-dealkylation sites (tertiary alicyclic amines) is 1. The number of H-pyrrole nitrogens is 1. The second kappa shape index (κ2) is 23.4. The summed E-state index contributed by atoms with van der Waals surface area (Å²) >= 11 is 0. The number of aromatic nitrogens is 1. The van der Waals surface area contributed by atoms with Gasteiger partial charge in [0, 0.05) is 50.6 Å². The Kier molecular flexibility index (Phi) is 17.2. The summed E-state index contributed by atoms with van der Waals surface area (Å²) in [5.74, 6) is -0.309. The standard InChI is InChI=1S/C31H34N2O5.C21H27N3O/c34-27(21-33(19-9-3-8-14-30(36)37)20-23-10-4-1-5-11-23)25-15-17-28(31-26(25)16-18-29(35)32-31)38-22-24-12-6-2-7-13-24;1-23-13-15-24-14-12-19(16-24)21(20(22)25,17-8-4-2-5-9-17)18-10-6-3-7-11-18/h1-2,4-7,10-13,15-18,27,34H,3,8-9,14,19-22H2,(H,32,35)(H,36,37);2-11,19,23H,12-16H2,1H3,(H2,22,25)/t27-;19-/m01/s1. The Bertz CT molecular complexity index is 2340. The first-order valence-electron chi connectivity index (χ1n) is 22.0. The molecule has 1 fully saturated rings. The fraction of sp³-hybridized carbons (Fsp3) is 0.327. The Morgan fingerprint density at radius 3 is 2.06 bits per heavy atom. The summed E-state index contributed by atoms with van der Waals surface area (Å²) in [7, 11) is 1.97. The number of nitrogens with zero attached hydrogens (tertiary/aromatic N) is 2. The number of nitrogens with one attached hydrogen (secondary N) is 2. The molecule has 0 unspecified atom stereocenters. The lowest BCUT2D eigenvalue weighted by atomic mass is 9.64. The summed E-state index contributed by atoms with van der Waals surface area (Å²) in [5.41, 5.74) is 10.5. The number of carbonyl (C=O) groups excluding carboxylic acids is 1. The molecule has 2 heterocycles. The molecule has 0 aliphatic carbocycles. The van der Waals surface area contributed by atoms with Gasteiger partial charge in [-0.1, -0.05) is 134 Å². The third-order valence-corrected chi connectivity index (χ3v) is 11.9. The van der Waals surface area contributed by atoms with Crippen molar-refractivity contribution in [2.75, 3.05) is 46.3 Å². The predicted octanol–water partition coefficient (Wildman–Crippen LogP) is 7.29. The van der Waals surface area contributed by atoms with Crippen molar-refractivity contribution in [3.8, 4) is 5.75 Å². The van der Waals surface area contributed by atoms with E-state index in [1.807, 2.05) is 122 Å². The van der Waals surface area contributed by atoms with Crippen molar-refractivity contribution in [1.82, 2.24) is 20.1 Å².